The van der Waals surface area contributed by atoms with Gasteiger partial charge in [0.05, 0.1) is 12.2 Å². The van der Waals surface area contributed by atoms with Gasteiger partial charge in [0, 0.05) is 36.0 Å². The van der Waals surface area contributed by atoms with Gasteiger partial charge in [-0.2, -0.15) is 0 Å². The van der Waals surface area contributed by atoms with E-state index in [1.807, 2.05) is 35.6 Å². The zero-order valence-corrected chi connectivity index (χ0v) is 19.1. The van der Waals surface area contributed by atoms with E-state index in [1.165, 1.54) is 40.9 Å². The second kappa shape index (κ2) is 8.33. The molecule has 1 aliphatic heterocycles. The van der Waals surface area contributed by atoms with Crippen LogP contribution in [0.3, 0.4) is 0 Å². The Morgan fingerprint density at radius 2 is 1.81 bits per heavy atom. The largest absolute Gasteiger partial charge is 0.488 e. The van der Waals surface area contributed by atoms with Gasteiger partial charge in [-0.05, 0) is 55.5 Å². The van der Waals surface area contributed by atoms with E-state index in [2.05, 4.69) is 9.88 Å². The molecule has 31 heavy (non-hydrogen) atoms. The summed E-state index contributed by atoms with van der Waals surface area (Å²) < 4.78 is 29.2. The predicted molar refractivity (Wildman–Crippen MR) is 121 cm³/mol. The van der Waals surface area contributed by atoms with Crippen molar-refractivity contribution in [3.63, 3.8) is 0 Å². The zero-order valence-electron chi connectivity index (χ0n) is 17.5. The van der Waals surface area contributed by atoms with Crippen molar-refractivity contribution in [1.82, 2.24) is 14.9 Å². The van der Waals surface area contributed by atoms with Gasteiger partial charge in [-0.15, -0.1) is 11.3 Å². The highest BCUT2D eigenvalue weighted by atomic mass is 32.2. The monoisotopic (exact) mass is 455 g/mol. The molecule has 0 radical (unpaired) electrons. The van der Waals surface area contributed by atoms with Crippen LogP contribution in [0, 0.1) is 0 Å². The maximum atomic E-state index is 11.5. The van der Waals surface area contributed by atoms with E-state index >= 15 is 0 Å². The molecule has 0 bridgehead atoms. The summed E-state index contributed by atoms with van der Waals surface area (Å²) in [5.41, 5.74) is 3.18. The van der Waals surface area contributed by atoms with Gasteiger partial charge >= 0.3 is 0 Å². The second-order valence-electron chi connectivity index (χ2n) is 8.30. The average Bonchev–Trinajstić information content (AvgIpc) is 3.15. The molecule has 2 aromatic heterocycles. The topological polar surface area (TPSA) is 72.4 Å². The zero-order chi connectivity index (χ0) is 21.4. The van der Waals surface area contributed by atoms with Crippen molar-refractivity contribution < 1.29 is 13.2 Å². The Kier molecular flexibility index (Phi) is 5.54. The van der Waals surface area contributed by atoms with Crippen LogP contribution in [0.15, 0.2) is 47.6 Å². The van der Waals surface area contributed by atoms with E-state index in [0.717, 1.165) is 49.2 Å². The minimum atomic E-state index is -3.28. The Bertz CT molecular complexity index is 1140. The molecule has 3 heterocycles. The number of likely N-dealkylation sites (tertiary alicyclic amines) is 1. The van der Waals surface area contributed by atoms with Crippen molar-refractivity contribution in [3.8, 4) is 16.9 Å². The molecule has 0 unspecified atom stereocenters. The number of aromatic nitrogens is 2. The molecule has 1 fully saturated rings. The molecule has 5 rings (SSSR count). The molecule has 0 N–H and O–H groups in total. The van der Waals surface area contributed by atoms with E-state index in [-0.39, 0.29) is 11.1 Å². The highest BCUT2D eigenvalue weighted by Gasteiger charge is 2.29. The molecule has 2 aliphatic rings. The lowest BCUT2D eigenvalue weighted by Gasteiger charge is -2.38. The Morgan fingerprint density at radius 1 is 1.06 bits per heavy atom. The lowest BCUT2D eigenvalue weighted by molar-refractivity contribution is 0.0145. The van der Waals surface area contributed by atoms with Crippen molar-refractivity contribution in [2.45, 2.75) is 43.4 Å². The molecule has 3 aromatic rings. The Hall–Kier alpha value is -2.29. The number of nitrogens with zero attached hydrogens (tertiary/aromatic N) is 3. The van der Waals surface area contributed by atoms with E-state index in [9.17, 15) is 8.42 Å². The maximum Gasteiger partial charge on any atom is 0.192 e. The number of ether oxygens (including phenoxy) is 1. The number of fused-ring (bicyclic) bond motifs is 1. The van der Waals surface area contributed by atoms with Crippen LogP contribution < -0.4 is 4.74 Å². The summed E-state index contributed by atoms with van der Waals surface area (Å²) in [7, 11) is -3.28. The molecule has 0 atom stereocenters. The highest BCUT2D eigenvalue weighted by Crippen LogP contribution is 2.29. The smallest absolute Gasteiger partial charge is 0.192 e. The quantitative estimate of drug-likeness (QED) is 0.564. The number of benzene rings is 1. The minimum absolute atomic E-state index is 0.0867. The summed E-state index contributed by atoms with van der Waals surface area (Å²) in [6, 6.07) is 11.2. The van der Waals surface area contributed by atoms with Crippen molar-refractivity contribution in [1.29, 1.82) is 0 Å². The Morgan fingerprint density at radius 3 is 2.48 bits per heavy atom. The summed E-state index contributed by atoms with van der Waals surface area (Å²) >= 11 is 1.89. The van der Waals surface area contributed by atoms with Crippen molar-refractivity contribution in [3.05, 3.63) is 58.2 Å². The third-order valence-electron chi connectivity index (χ3n) is 5.78. The van der Waals surface area contributed by atoms with Gasteiger partial charge in [0.15, 0.2) is 14.9 Å². The Labute approximate surface area is 186 Å². The SMILES string of the molecule is CS(=O)(=O)c1ccc(-c2ccc(OC3CN(Cc4nc5c(s4)CCCC5)C3)cc2)cn1. The van der Waals surface area contributed by atoms with E-state index < -0.39 is 9.84 Å². The van der Waals surface area contributed by atoms with Gasteiger partial charge in [-0.1, -0.05) is 12.1 Å². The predicted octanol–water partition coefficient (Wildman–Crippen LogP) is 3.75. The van der Waals surface area contributed by atoms with Crippen LogP contribution in [0.4, 0.5) is 0 Å². The lowest BCUT2D eigenvalue weighted by Crippen LogP contribution is -2.53. The molecular weight excluding hydrogens is 430 g/mol. The fourth-order valence-electron chi connectivity index (χ4n) is 4.08. The first-order valence-electron chi connectivity index (χ1n) is 10.6. The summed E-state index contributed by atoms with van der Waals surface area (Å²) in [4.78, 5) is 12.8. The van der Waals surface area contributed by atoms with Gasteiger partial charge in [-0.3, -0.25) is 4.90 Å². The van der Waals surface area contributed by atoms with Crippen molar-refractivity contribution in [2.24, 2.45) is 0 Å². The number of thiazole rings is 1. The fraction of sp³-hybridized carbons (Fsp3) is 0.391. The fourth-order valence-corrected chi connectivity index (χ4v) is 5.84. The second-order valence-corrected chi connectivity index (χ2v) is 11.4. The van der Waals surface area contributed by atoms with E-state index in [1.54, 1.807) is 12.3 Å². The maximum absolute atomic E-state index is 11.5. The summed E-state index contributed by atoms with van der Waals surface area (Å²) in [6.07, 6.45) is 7.88. The van der Waals surface area contributed by atoms with Gasteiger partial charge in [0.1, 0.15) is 16.9 Å². The van der Waals surface area contributed by atoms with Gasteiger partial charge in [-0.25, -0.2) is 18.4 Å². The minimum Gasteiger partial charge on any atom is -0.488 e. The number of hydrogen-bond acceptors (Lipinski definition) is 7. The first kappa shape index (κ1) is 20.6. The van der Waals surface area contributed by atoms with Gasteiger partial charge in [0.2, 0.25) is 0 Å². The number of hydrogen-bond donors (Lipinski definition) is 0. The normalized spacial score (nSPS) is 17.2. The average molecular weight is 456 g/mol. The molecule has 162 valence electrons. The number of aryl methyl sites for hydroxylation is 2. The third kappa shape index (κ3) is 4.66. The molecule has 6 nitrogen and oxygen atoms in total. The molecule has 0 amide bonds. The van der Waals surface area contributed by atoms with Crippen LogP contribution in [0.25, 0.3) is 11.1 Å². The first-order chi connectivity index (χ1) is 14.9. The highest BCUT2D eigenvalue weighted by molar-refractivity contribution is 7.90. The van der Waals surface area contributed by atoms with Gasteiger partial charge < -0.3 is 4.74 Å². The molecule has 0 saturated carbocycles. The van der Waals surface area contributed by atoms with Crippen LogP contribution in [-0.2, 0) is 29.2 Å². The van der Waals surface area contributed by atoms with Crippen LogP contribution in [0.2, 0.25) is 0 Å². The number of sulfone groups is 1. The number of pyridine rings is 1. The lowest BCUT2D eigenvalue weighted by atomic mass is 10.0. The third-order valence-corrected chi connectivity index (χ3v) is 7.92. The molecular formula is C23H25N3O3S2. The molecule has 0 spiro atoms. The summed E-state index contributed by atoms with van der Waals surface area (Å²) in [5.74, 6) is 0.846. The van der Waals surface area contributed by atoms with E-state index in [0.29, 0.717) is 0 Å². The molecule has 8 heteroatoms. The van der Waals surface area contributed by atoms with Crippen LogP contribution >= 0.6 is 11.3 Å². The standard InChI is InChI=1S/C23H25N3O3S2/c1-31(27,28)23-11-8-17(12-24-23)16-6-9-18(10-7-16)29-19-13-26(14-19)15-22-25-20-4-2-3-5-21(20)30-22/h6-12,19H,2-5,13-15H2,1H3. The summed E-state index contributed by atoms with van der Waals surface area (Å²) in [5, 5.41) is 1.33. The first-order valence-corrected chi connectivity index (χ1v) is 13.3. The summed E-state index contributed by atoms with van der Waals surface area (Å²) in [6.45, 7) is 2.76. The Balaban J connectivity index is 1.14. The molecule has 1 aromatic carbocycles. The van der Waals surface area contributed by atoms with Crippen molar-refractivity contribution in [2.75, 3.05) is 19.3 Å². The molecule has 1 aliphatic carbocycles. The van der Waals surface area contributed by atoms with Crippen LogP contribution in [-0.4, -0.2) is 48.7 Å². The van der Waals surface area contributed by atoms with Crippen molar-refractivity contribution >= 4 is 21.2 Å². The van der Waals surface area contributed by atoms with Crippen LogP contribution in [0.1, 0.15) is 28.4 Å². The van der Waals surface area contributed by atoms with Gasteiger partial charge in [0.25, 0.3) is 0 Å². The number of rotatable bonds is 6. The molecule has 1 saturated heterocycles. The van der Waals surface area contributed by atoms with Crippen LogP contribution in [0.5, 0.6) is 5.75 Å². The van der Waals surface area contributed by atoms with E-state index in [4.69, 9.17) is 9.72 Å².